The van der Waals surface area contributed by atoms with Crippen molar-refractivity contribution in [1.82, 2.24) is 0 Å². The Morgan fingerprint density at radius 1 is 0.844 bits per heavy atom. The lowest BCUT2D eigenvalue weighted by atomic mass is 10.0. The summed E-state index contributed by atoms with van der Waals surface area (Å²) < 4.78 is 27.0. The first-order valence-electron chi connectivity index (χ1n) is 12.3. The lowest BCUT2D eigenvalue weighted by Crippen LogP contribution is -2.37. The van der Waals surface area contributed by atoms with Gasteiger partial charge in [-0.1, -0.05) is 77.6 Å². The average molecular weight is 483 g/mol. The first kappa shape index (κ1) is 31.5. The third-order valence-corrected chi connectivity index (χ3v) is 6.10. The zero-order valence-corrected chi connectivity index (χ0v) is 21.8. The van der Waals surface area contributed by atoms with Crippen LogP contribution in [-0.2, 0) is 23.1 Å². The Bertz CT molecular complexity index is 511. The van der Waals surface area contributed by atoms with Crippen molar-refractivity contribution in [3.8, 4) is 0 Å². The van der Waals surface area contributed by atoms with E-state index in [1.807, 2.05) is 21.1 Å². The molecule has 0 aliphatic carbocycles. The highest BCUT2D eigenvalue weighted by atomic mass is 31.2. The van der Waals surface area contributed by atoms with Crippen molar-refractivity contribution in [2.75, 3.05) is 47.5 Å². The van der Waals surface area contributed by atoms with E-state index in [1.165, 1.54) is 57.8 Å². The summed E-state index contributed by atoms with van der Waals surface area (Å²) in [5.41, 5.74) is 0. The van der Waals surface area contributed by atoms with Gasteiger partial charge in [-0.3, -0.25) is 13.8 Å². The van der Waals surface area contributed by atoms with Crippen LogP contribution in [-0.4, -0.2) is 74.1 Å². The summed E-state index contributed by atoms with van der Waals surface area (Å²) in [7, 11) is 1.56. The van der Waals surface area contributed by atoms with E-state index in [9.17, 15) is 19.4 Å². The molecule has 8 nitrogen and oxygen atoms in total. The number of nitrogens with zero attached hydrogens (tertiary/aromatic N) is 1. The second kappa shape index (κ2) is 18.9. The lowest BCUT2D eigenvalue weighted by molar-refractivity contribution is -0.870. The Hall–Kier alpha value is -0.500. The Kier molecular flexibility index (Phi) is 18.6. The molecule has 0 radical (unpaired) electrons. The highest BCUT2D eigenvalue weighted by molar-refractivity contribution is 7.47. The number of unbranched alkanes of at least 4 members (excludes halogenated alkanes) is 11. The number of carbonyl (C=O) groups excluding carboxylic acids is 1. The Balaban J connectivity index is 3.60. The number of quaternary nitrogens is 1. The third kappa shape index (κ3) is 22.7. The first-order valence-corrected chi connectivity index (χ1v) is 13.8. The van der Waals surface area contributed by atoms with Crippen LogP contribution in [0.2, 0.25) is 0 Å². The standard InChI is InChI=1S/C23H48NO7P/c1-5-6-7-8-9-10-11-12-13-14-15-16-17-23(26)29-20-22(25)21-31-32(27,28)30-19-18-24(2,3)4/h22,25H,5-21H2,1-4H3/p+1. The highest BCUT2D eigenvalue weighted by Gasteiger charge is 2.24. The van der Waals surface area contributed by atoms with Crippen molar-refractivity contribution in [1.29, 1.82) is 0 Å². The van der Waals surface area contributed by atoms with Gasteiger partial charge >= 0.3 is 13.8 Å². The van der Waals surface area contributed by atoms with E-state index in [2.05, 4.69) is 6.92 Å². The van der Waals surface area contributed by atoms with Crippen LogP contribution in [0.1, 0.15) is 90.4 Å². The maximum Gasteiger partial charge on any atom is 0.472 e. The number of ether oxygens (including phenoxy) is 1. The van der Waals surface area contributed by atoms with E-state index in [0.29, 0.717) is 17.4 Å². The van der Waals surface area contributed by atoms with Crippen LogP contribution < -0.4 is 0 Å². The molecule has 0 heterocycles. The number of likely N-dealkylation sites (N-methyl/N-ethyl adjacent to an activating group) is 1. The van der Waals surface area contributed by atoms with Crippen molar-refractivity contribution in [2.24, 2.45) is 0 Å². The molecule has 2 atom stereocenters. The van der Waals surface area contributed by atoms with Crippen molar-refractivity contribution >= 4 is 13.8 Å². The van der Waals surface area contributed by atoms with Crippen LogP contribution in [0.15, 0.2) is 0 Å². The lowest BCUT2D eigenvalue weighted by Gasteiger charge is -2.24. The topological polar surface area (TPSA) is 102 Å². The quantitative estimate of drug-likeness (QED) is 0.0987. The Labute approximate surface area is 195 Å². The SMILES string of the molecule is CCCCCCCCCCCCCCC(=O)OCC(O)COP(=O)(O)OCC[N+](C)(C)C. The fourth-order valence-corrected chi connectivity index (χ4v) is 3.81. The molecule has 2 N–H and O–H groups in total. The van der Waals surface area contributed by atoms with Crippen LogP contribution in [0.4, 0.5) is 0 Å². The van der Waals surface area contributed by atoms with Gasteiger partial charge in [-0.25, -0.2) is 4.57 Å². The molecule has 0 rings (SSSR count). The number of hydrogen-bond donors (Lipinski definition) is 2. The molecule has 0 spiro atoms. The van der Waals surface area contributed by atoms with E-state index >= 15 is 0 Å². The van der Waals surface area contributed by atoms with Crippen LogP contribution in [0.5, 0.6) is 0 Å². The minimum Gasteiger partial charge on any atom is -0.463 e. The number of aliphatic hydroxyl groups excluding tert-OH is 1. The van der Waals surface area contributed by atoms with E-state index in [-0.39, 0.29) is 19.2 Å². The Morgan fingerprint density at radius 2 is 1.34 bits per heavy atom. The molecule has 9 heteroatoms. The molecule has 32 heavy (non-hydrogen) atoms. The molecule has 0 amide bonds. The van der Waals surface area contributed by atoms with Gasteiger partial charge in [-0.2, -0.15) is 0 Å². The van der Waals surface area contributed by atoms with Gasteiger partial charge in [0.05, 0.1) is 27.7 Å². The maximum absolute atomic E-state index is 11.8. The number of esters is 1. The molecule has 0 saturated heterocycles. The molecule has 0 aromatic rings. The van der Waals surface area contributed by atoms with Crippen molar-refractivity contribution in [2.45, 2.75) is 96.5 Å². The molecule has 0 aliphatic heterocycles. The van der Waals surface area contributed by atoms with E-state index < -0.39 is 20.5 Å². The molecule has 0 aliphatic rings. The van der Waals surface area contributed by atoms with Crippen LogP contribution in [0.3, 0.4) is 0 Å². The van der Waals surface area contributed by atoms with Gasteiger partial charge in [0, 0.05) is 6.42 Å². The zero-order chi connectivity index (χ0) is 24.3. The number of rotatable bonds is 22. The summed E-state index contributed by atoms with van der Waals surface area (Å²) in [6.07, 6.45) is 13.9. The third-order valence-electron chi connectivity index (χ3n) is 5.12. The molecule has 2 unspecified atom stereocenters. The van der Waals surface area contributed by atoms with E-state index in [0.717, 1.165) is 19.3 Å². The van der Waals surface area contributed by atoms with Crippen molar-refractivity contribution in [3.05, 3.63) is 0 Å². The maximum atomic E-state index is 11.8. The Morgan fingerprint density at radius 3 is 1.84 bits per heavy atom. The number of carbonyl (C=O) groups is 1. The van der Waals surface area contributed by atoms with Gasteiger partial charge in [-0.15, -0.1) is 0 Å². The molecule has 0 saturated carbocycles. The van der Waals surface area contributed by atoms with Gasteiger partial charge in [0.2, 0.25) is 0 Å². The monoisotopic (exact) mass is 482 g/mol. The van der Waals surface area contributed by atoms with Gasteiger partial charge in [-0.05, 0) is 6.42 Å². The summed E-state index contributed by atoms with van der Waals surface area (Å²) in [4.78, 5) is 21.4. The van der Waals surface area contributed by atoms with E-state index in [1.54, 1.807) is 0 Å². The number of aliphatic hydroxyl groups is 1. The normalized spacial score (nSPS) is 14.8. The summed E-state index contributed by atoms with van der Waals surface area (Å²) in [5.74, 6) is -0.373. The largest absolute Gasteiger partial charge is 0.472 e. The minimum atomic E-state index is -4.23. The van der Waals surface area contributed by atoms with Gasteiger partial charge in [0.25, 0.3) is 0 Å². The van der Waals surface area contributed by atoms with E-state index in [4.69, 9.17) is 13.8 Å². The summed E-state index contributed by atoms with van der Waals surface area (Å²) >= 11 is 0. The first-order chi connectivity index (χ1) is 15.1. The average Bonchev–Trinajstić information content (AvgIpc) is 2.70. The van der Waals surface area contributed by atoms with Gasteiger partial charge in [0.15, 0.2) is 0 Å². The molecule has 0 aromatic heterocycles. The highest BCUT2D eigenvalue weighted by Crippen LogP contribution is 2.43. The number of phosphoric acid groups is 1. The summed E-state index contributed by atoms with van der Waals surface area (Å²) in [6.45, 7) is 2.12. The molecular formula is C23H49NO7P+. The summed E-state index contributed by atoms with van der Waals surface area (Å²) in [5, 5.41) is 9.80. The predicted molar refractivity (Wildman–Crippen MR) is 127 cm³/mol. The van der Waals surface area contributed by atoms with Gasteiger partial charge < -0.3 is 19.2 Å². The fourth-order valence-electron chi connectivity index (χ4n) is 3.07. The van der Waals surface area contributed by atoms with Crippen molar-refractivity contribution < 1.29 is 37.6 Å². The second-order valence-corrected chi connectivity index (χ2v) is 11.0. The molecule has 0 bridgehead atoms. The zero-order valence-electron chi connectivity index (χ0n) is 20.9. The van der Waals surface area contributed by atoms with Crippen LogP contribution >= 0.6 is 7.82 Å². The molecule has 0 fully saturated rings. The molecule has 0 aromatic carbocycles. The second-order valence-electron chi connectivity index (χ2n) is 9.59. The molecular weight excluding hydrogens is 433 g/mol. The van der Waals surface area contributed by atoms with Crippen LogP contribution in [0, 0.1) is 0 Å². The minimum absolute atomic E-state index is 0.0570. The fraction of sp³-hybridized carbons (Fsp3) is 0.957. The van der Waals surface area contributed by atoms with Gasteiger partial charge in [0.1, 0.15) is 25.9 Å². The van der Waals surface area contributed by atoms with Crippen molar-refractivity contribution in [3.63, 3.8) is 0 Å². The summed E-state index contributed by atoms with van der Waals surface area (Å²) in [6, 6.07) is 0. The number of phosphoric ester groups is 1. The number of hydrogen-bond acceptors (Lipinski definition) is 6. The smallest absolute Gasteiger partial charge is 0.463 e. The molecule has 192 valence electrons. The van der Waals surface area contributed by atoms with Crippen LogP contribution in [0.25, 0.3) is 0 Å². The predicted octanol–water partition coefficient (Wildman–Crippen LogP) is 4.82.